The van der Waals surface area contributed by atoms with Gasteiger partial charge in [-0.05, 0) is 12.1 Å². The maximum Gasteiger partial charge on any atom is 0.313 e. The second kappa shape index (κ2) is 8.28. The van der Waals surface area contributed by atoms with Crippen LogP contribution in [0.1, 0.15) is 0 Å². The monoisotopic (exact) mass is 393 g/mol. The zero-order valence-corrected chi connectivity index (χ0v) is 15.0. The summed E-state index contributed by atoms with van der Waals surface area (Å²) in [4.78, 5) is 30.6. The Labute approximate surface area is 159 Å². The fraction of sp³-hybridized carbons (Fsp3) is 0.294. The zero-order valence-electron chi connectivity index (χ0n) is 14.3. The second-order valence-electron chi connectivity index (χ2n) is 6.04. The van der Waals surface area contributed by atoms with E-state index in [1.54, 1.807) is 17.0 Å². The van der Waals surface area contributed by atoms with E-state index in [0.717, 1.165) is 0 Å². The van der Waals surface area contributed by atoms with E-state index in [0.29, 0.717) is 26.2 Å². The summed E-state index contributed by atoms with van der Waals surface area (Å²) < 4.78 is 13.6. The van der Waals surface area contributed by atoms with Crippen LogP contribution in [0, 0.1) is 15.9 Å². The van der Waals surface area contributed by atoms with Gasteiger partial charge in [0.2, 0.25) is 11.7 Å². The lowest BCUT2D eigenvalue weighted by molar-refractivity contribution is -0.384. The lowest BCUT2D eigenvalue weighted by atomic mass is 10.2. The minimum atomic E-state index is -0.511. The Morgan fingerprint density at radius 2 is 2.00 bits per heavy atom. The van der Waals surface area contributed by atoms with Gasteiger partial charge in [-0.1, -0.05) is 23.7 Å². The number of nitro groups is 1. The molecule has 2 heterocycles. The molecule has 142 valence electrons. The maximum absolute atomic E-state index is 13.6. The van der Waals surface area contributed by atoms with E-state index in [1.807, 2.05) is 4.90 Å². The summed E-state index contributed by atoms with van der Waals surface area (Å²) in [6.07, 6.45) is 1.37. The number of piperazine rings is 1. The summed E-state index contributed by atoms with van der Waals surface area (Å²) in [6.45, 7) is 2.10. The van der Waals surface area contributed by atoms with Crippen molar-refractivity contribution in [1.29, 1.82) is 0 Å². The summed E-state index contributed by atoms with van der Waals surface area (Å²) in [5.74, 6) is -0.541. The number of amides is 1. The van der Waals surface area contributed by atoms with Crippen LogP contribution in [0.4, 0.5) is 21.6 Å². The SMILES string of the molecule is O=C(CN1CCN(c2ncc(Cl)cc2[N+](=O)[O-])CC1)Nc1ccccc1F. The number of hydrogen-bond acceptors (Lipinski definition) is 6. The first-order valence-corrected chi connectivity index (χ1v) is 8.63. The summed E-state index contributed by atoms with van der Waals surface area (Å²) in [5.41, 5.74) is -0.00429. The van der Waals surface area contributed by atoms with Crippen molar-refractivity contribution < 1.29 is 14.1 Å². The van der Waals surface area contributed by atoms with Gasteiger partial charge in [0, 0.05) is 38.4 Å². The smallest absolute Gasteiger partial charge is 0.313 e. The van der Waals surface area contributed by atoms with Crippen LogP contribution >= 0.6 is 11.6 Å². The van der Waals surface area contributed by atoms with E-state index in [2.05, 4.69) is 10.3 Å². The largest absolute Gasteiger partial charge is 0.348 e. The number of hydrogen-bond donors (Lipinski definition) is 1. The number of aromatic nitrogens is 1. The van der Waals surface area contributed by atoms with Gasteiger partial charge in [0.15, 0.2) is 0 Å². The number of nitrogens with zero attached hydrogens (tertiary/aromatic N) is 4. The summed E-state index contributed by atoms with van der Waals surface area (Å²) >= 11 is 5.79. The zero-order chi connectivity index (χ0) is 19.4. The number of anilines is 2. The van der Waals surface area contributed by atoms with Crippen LogP contribution < -0.4 is 10.2 Å². The predicted molar refractivity (Wildman–Crippen MR) is 99.6 cm³/mol. The van der Waals surface area contributed by atoms with Crippen molar-refractivity contribution in [2.45, 2.75) is 0 Å². The molecule has 10 heteroatoms. The van der Waals surface area contributed by atoms with Crippen molar-refractivity contribution in [2.24, 2.45) is 0 Å². The van der Waals surface area contributed by atoms with Crippen LogP contribution in [-0.2, 0) is 4.79 Å². The van der Waals surface area contributed by atoms with Gasteiger partial charge in [0.1, 0.15) is 5.82 Å². The number of pyridine rings is 1. The molecule has 0 bridgehead atoms. The number of carbonyl (C=O) groups excluding carboxylic acids is 1. The van der Waals surface area contributed by atoms with Gasteiger partial charge in [-0.25, -0.2) is 9.37 Å². The lowest BCUT2D eigenvalue weighted by Crippen LogP contribution is -2.49. The van der Waals surface area contributed by atoms with E-state index in [4.69, 9.17) is 11.6 Å². The Bertz CT molecular complexity index is 858. The molecule has 0 spiro atoms. The average Bonchev–Trinajstić information content (AvgIpc) is 2.64. The first kappa shape index (κ1) is 19.0. The standard InChI is InChI=1S/C17H17ClFN5O3/c18-12-9-15(24(26)27)17(20-10-12)23-7-5-22(6-8-23)11-16(25)21-14-4-2-1-3-13(14)19/h1-4,9-10H,5-8,11H2,(H,21,25). The molecule has 1 aromatic heterocycles. The molecular formula is C17H17ClFN5O3. The molecule has 1 aliphatic rings. The molecule has 1 saturated heterocycles. The number of nitrogens with one attached hydrogen (secondary N) is 1. The van der Waals surface area contributed by atoms with Gasteiger partial charge >= 0.3 is 5.69 Å². The fourth-order valence-electron chi connectivity index (χ4n) is 2.87. The van der Waals surface area contributed by atoms with Crippen LogP contribution in [0.25, 0.3) is 0 Å². The van der Waals surface area contributed by atoms with E-state index in [9.17, 15) is 19.3 Å². The Morgan fingerprint density at radius 1 is 1.30 bits per heavy atom. The van der Waals surface area contributed by atoms with E-state index < -0.39 is 10.7 Å². The van der Waals surface area contributed by atoms with Gasteiger partial charge in [0.05, 0.1) is 22.2 Å². The Hall–Kier alpha value is -2.78. The molecule has 1 fully saturated rings. The predicted octanol–water partition coefficient (Wildman–Crippen LogP) is 2.54. The maximum atomic E-state index is 13.6. The van der Waals surface area contributed by atoms with Gasteiger partial charge in [0.25, 0.3) is 0 Å². The summed E-state index contributed by atoms with van der Waals surface area (Å²) in [6, 6.07) is 7.24. The van der Waals surface area contributed by atoms with Crippen LogP contribution in [0.2, 0.25) is 5.02 Å². The number of para-hydroxylation sites is 1. The minimum Gasteiger partial charge on any atom is -0.348 e. The van der Waals surface area contributed by atoms with Gasteiger partial charge in [-0.3, -0.25) is 19.8 Å². The number of carbonyl (C=O) groups is 1. The first-order chi connectivity index (χ1) is 12.9. The molecule has 2 aromatic rings. The fourth-order valence-corrected chi connectivity index (χ4v) is 3.02. The highest BCUT2D eigenvalue weighted by atomic mass is 35.5. The highest BCUT2D eigenvalue weighted by Gasteiger charge is 2.26. The molecule has 0 atom stereocenters. The van der Waals surface area contributed by atoms with Crippen molar-refractivity contribution in [1.82, 2.24) is 9.88 Å². The number of rotatable bonds is 5. The molecule has 0 saturated carbocycles. The van der Waals surface area contributed by atoms with Gasteiger partial charge in [-0.15, -0.1) is 0 Å². The number of halogens is 2. The molecule has 8 nitrogen and oxygen atoms in total. The normalized spacial score (nSPS) is 14.8. The third kappa shape index (κ3) is 4.69. The molecular weight excluding hydrogens is 377 g/mol. The van der Waals surface area contributed by atoms with E-state index >= 15 is 0 Å². The third-order valence-electron chi connectivity index (χ3n) is 4.20. The average molecular weight is 394 g/mol. The second-order valence-corrected chi connectivity index (χ2v) is 6.48. The van der Waals surface area contributed by atoms with Crippen molar-refractivity contribution in [2.75, 3.05) is 42.9 Å². The molecule has 0 unspecified atom stereocenters. The molecule has 1 amide bonds. The molecule has 3 rings (SSSR count). The van der Waals surface area contributed by atoms with Crippen LogP contribution in [0.5, 0.6) is 0 Å². The highest BCUT2D eigenvalue weighted by Crippen LogP contribution is 2.29. The quantitative estimate of drug-likeness (QED) is 0.620. The van der Waals surface area contributed by atoms with Crippen LogP contribution in [-0.4, -0.2) is 53.4 Å². The highest BCUT2D eigenvalue weighted by molar-refractivity contribution is 6.30. The van der Waals surface area contributed by atoms with Crippen LogP contribution in [0.15, 0.2) is 36.5 Å². The lowest BCUT2D eigenvalue weighted by Gasteiger charge is -2.34. The van der Waals surface area contributed by atoms with Crippen molar-refractivity contribution in [3.05, 3.63) is 57.5 Å². The van der Waals surface area contributed by atoms with Crippen molar-refractivity contribution >= 4 is 34.7 Å². The minimum absolute atomic E-state index is 0.109. The summed E-state index contributed by atoms with van der Waals surface area (Å²) in [7, 11) is 0. The van der Waals surface area contributed by atoms with E-state index in [1.165, 1.54) is 24.4 Å². The summed E-state index contributed by atoms with van der Waals surface area (Å²) in [5, 5.41) is 14.0. The van der Waals surface area contributed by atoms with Crippen LogP contribution in [0.3, 0.4) is 0 Å². The Kier molecular flexibility index (Phi) is 5.82. The topological polar surface area (TPSA) is 91.6 Å². The van der Waals surface area contributed by atoms with Gasteiger partial charge in [-0.2, -0.15) is 0 Å². The Balaban J connectivity index is 1.57. The first-order valence-electron chi connectivity index (χ1n) is 8.25. The molecule has 0 aliphatic carbocycles. The van der Waals surface area contributed by atoms with Crippen molar-refractivity contribution in [3.63, 3.8) is 0 Å². The molecule has 27 heavy (non-hydrogen) atoms. The molecule has 1 N–H and O–H groups in total. The molecule has 1 aromatic carbocycles. The van der Waals surface area contributed by atoms with E-state index in [-0.39, 0.29) is 34.7 Å². The number of benzene rings is 1. The Morgan fingerprint density at radius 3 is 2.67 bits per heavy atom. The van der Waals surface area contributed by atoms with Crippen molar-refractivity contribution in [3.8, 4) is 0 Å². The third-order valence-corrected chi connectivity index (χ3v) is 4.40. The molecule has 1 aliphatic heterocycles. The molecule has 0 radical (unpaired) electrons. The van der Waals surface area contributed by atoms with Gasteiger partial charge < -0.3 is 10.2 Å².